The van der Waals surface area contributed by atoms with Gasteiger partial charge < -0.3 is 14.2 Å². The lowest BCUT2D eigenvalue weighted by atomic mass is 10.1. The summed E-state index contributed by atoms with van der Waals surface area (Å²) in [4.78, 5) is 31.4. The van der Waals surface area contributed by atoms with Crippen molar-refractivity contribution in [3.05, 3.63) is 57.9 Å². The number of hydrogen-bond acceptors (Lipinski definition) is 6. The van der Waals surface area contributed by atoms with Crippen LogP contribution in [0.4, 0.5) is 4.79 Å². The first-order valence-electron chi connectivity index (χ1n) is 11.9. The van der Waals surface area contributed by atoms with Crippen LogP contribution >= 0.6 is 11.3 Å². The molecule has 0 bridgehead atoms. The van der Waals surface area contributed by atoms with Crippen LogP contribution < -0.4 is 4.80 Å². The number of thiazole rings is 1. The molecule has 36 heavy (non-hydrogen) atoms. The summed E-state index contributed by atoms with van der Waals surface area (Å²) < 4.78 is 35.6. The van der Waals surface area contributed by atoms with Crippen molar-refractivity contribution in [2.24, 2.45) is 4.99 Å². The molecule has 4 rings (SSSR count). The fourth-order valence-corrected chi connectivity index (χ4v) is 6.86. The van der Waals surface area contributed by atoms with E-state index in [-0.39, 0.29) is 37.7 Å². The molecule has 0 aliphatic carbocycles. The number of amides is 2. The molecule has 1 aliphatic heterocycles. The van der Waals surface area contributed by atoms with Gasteiger partial charge in [0.05, 0.1) is 21.7 Å². The third kappa shape index (κ3) is 5.09. The van der Waals surface area contributed by atoms with Crippen molar-refractivity contribution in [1.29, 1.82) is 0 Å². The highest BCUT2D eigenvalue weighted by molar-refractivity contribution is 7.89. The normalized spacial score (nSPS) is 15.4. The number of aromatic nitrogens is 1. The Bertz CT molecular complexity index is 1460. The molecular formula is C25H30N4O5S2. The molecule has 1 fully saturated rings. The lowest BCUT2D eigenvalue weighted by molar-refractivity contribution is 0.0933. The topological polar surface area (TPSA) is 101 Å². The fraction of sp³-hybridized carbons (Fsp3) is 0.400. The van der Waals surface area contributed by atoms with Crippen LogP contribution in [-0.4, -0.2) is 67.0 Å². The highest BCUT2D eigenvalue weighted by atomic mass is 32.2. The van der Waals surface area contributed by atoms with Crippen LogP contribution in [0, 0.1) is 13.8 Å². The van der Waals surface area contributed by atoms with Crippen molar-refractivity contribution < 1.29 is 22.7 Å². The maximum absolute atomic E-state index is 13.1. The van der Waals surface area contributed by atoms with Crippen LogP contribution in [0.2, 0.25) is 0 Å². The third-order valence-electron chi connectivity index (χ3n) is 6.13. The number of carbonyl (C=O) groups excluding carboxylic acids is 2. The zero-order chi connectivity index (χ0) is 26.0. The maximum Gasteiger partial charge on any atom is 0.409 e. The minimum Gasteiger partial charge on any atom is -0.450 e. The number of hydrogen-bond donors (Lipinski definition) is 0. The molecule has 2 amide bonds. The van der Waals surface area contributed by atoms with Gasteiger partial charge in [-0.1, -0.05) is 17.4 Å². The first-order chi connectivity index (χ1) is 17.1. The molecule has 0 saturated carbocycles. The molecule has 192 valence electrons. The van der Waals surface area contributed by atoms with Crippen LogP contribution in [0.3, 0.4) is 0 Å². The number of fused-ring (bicyclic) bond motifs is 1. The van der Waals surface area contributed by atoms with Crippen molar-refractivity contribution >= 4 is 43.6 Å². The predicted octanol–water partition coefficient (Wildman–Crippen LogP) is 3.54. The van der Waals surface area contributed by atoms with E-state index < -0.39 is 22.0 Å². The number of rotatable bonds is 5. The van der Waals surface area contributed by atoms with Gasteiger partial charge in [0, 0.05) is 38.3 Å². The zero-order valence-corrected chi connectivity index (χ0v) is 22.5. The number of sulfonamides is 1. The summed E-state index contributed by atoms with van der Waals surface area (Å²) in [6.07, 6.45) is -0.436. The van der Waals surface area contributed by atoms with Crippen molar-refractivity contribution in [2.45, 2.75) is 39.1 Å². The Labute approximate surface area is 214 Å². The molecule has 0 radical (unpaired) electrons. The Hall–Kier alpha value is -3.02. The van der Waals surface area contributed by atoms with Gasteiger partial charge in [-0.25, -0.2) is 13.2 Å². The minimum absolute atomic E-state index is 0.0974. The van der Waals surface area contributed by atoms with Crippen LogP contribution in [-0.2, 0) is 21.3 Å². The second-order valence-corrected chi connectivity index (χ2v) is 11.5. The Balaban J connectivity index is 1.54. The average Bonchev–Trinajstić information content (AvgIpc) is 3.21. The van der Waals surface area contributed by atoms with Crippen LogP contribution in [0.15, 0.2) is 46.3 Å². The number of aryl methyl sites for hydroxylation is 3. The summed E-state index contributed by atoms with van der Waals surface area (Å²) in [6, 6.07) is 10.1. The highest BCUT2D eigenvalue weighted by Gasteiger charge is 2.30. The van der Waals surface area contributed by atoms with Gasteiger partial charge in [-0.2, -0.15) is 9.30 Å². The van der Waals surface area contributed by atoms with E-state index in [1.807, 2.05) is 25.3 Å². The Morgan fingerprint density at radius 3 is 2.31 bits per heavy atom. The Morgan fingerprint density at radius 2 is 1.69 bits per heavy atom. The highest BCUT2D eigenvalue weighted by Crippen LogP contribution is 2.24. The SMILES string of the molecule is CCOC(=O)N1CCN(S(=O)(=O)c2ccc(C(=O)N=c3sc4c(C)cc(C)cc4n3CC)cc2)CC1. The van der Waals surface area contributed by atoms with Gasteiger partial charge in [0.1, 0.15) is 0 Å². The molecule has 1 saturated heterocycles. The van der Waals surface area contributed by atoms with E-state index in [4.69, 9.17) is 4.74 Å². The van der Waals surface area contributed by atoms with Crippen molar-refractivity contribution in [1.82, 2.24) is 13.8 Å². The lowest BCUT2D eigenvalue weighted by Gasteiger charge is -2.33. The first kappa shape index (κ1) is 26.1. The van der Waals surface area contributed by atoms with Gasteiger partial charge in [-0.05, 0) is 69.2 Å². The molecule has 0 unspecified atom stereocenters. The van der Waals surface area contributed by atoms with Crippen LogP contribution in [0.5, 0.6) is 0 Å². The number of nitrogens with zero attached hydrogens (tertiary/aromatic N) is 4. The van der Waals surface area contributed by atoms with E-state index in [0.29, 0.717) is 16.9 Å². The number of carbonyl (C=O) groups is 2. The summed E-state index contributed by atoms with van der Waals surface area (Å²) in [7, 11) is -3.75. The molecular weight excluding hydrogens is 500 g/mol. The summed E-state index contributed by atoms with van der Waals surface area (Å²) in [5.74, 6) is -0.426. The molecule has 0 N–H and O–H groups in total. The van der Waals surface area contributed by atoms with Crippen LogP contribution in [0.25, 0.3) is 10.2 Å². The zero-order valence-electron chi connectivity index (χ0n) is 20.9. The smallest absolute Gasteiger partial charge is 0.409 e. The minimum atomic E-state index is -3.75. The maximum atomic E-state index is 13.1. The second-order valence-electron chi connectivity index (χ2n) is 8.59. The second kappa shape index (κ2) is 10.5. The first-order valence-corrected chi connectivity index (χ1v) is 14.1. The van der Waals surface area contributed by atoms with E-state index in [0.717, 1.165) is 21.3 Å². The van der Waals surface area contributed by atoms with E-state index in [1.165, 1.54) is 44.8 Å². The summed E-state index contributed by atoms with van der Waals surface area (Å²) in [6.45, 7) is 9.67. The van der Waals surface area contributed by atoms with E-state index in [2.05, 4.69) is 17.1 Å². The predicted molar refractivity (Wildman–Crippen MR) is 139 cm³/mol. The molecule has 2 aromatic carbocycles. The van der Waals surface area contributed by atoms with E-state index >= 15 is 0 Å². The standard InChI is InChI=1S/C25H30N4O5S2/c1-5-29-21-16-17(3)15-18(4)22(21)35-24(29)26-23(30)19-7-9-20(10-8-19)36(32,33)28-13-11-27(12-14-28)25(31)34-6-2/h7-10,15-16H,5-6,11-14H2,1-4H3. The Kier molecular flexibility index (Phi) is 7.62. The van der Waals surface area contributed by atoms with Gasteiger partial charge in [0.15, 0.2) is 4.80 Å². The molecule has 0 spiro atoms. The summed E-state index contributed by atoms with van der Waals surface area (Å²) in [5, 5.41) is 0. The van der Waals surface area contributed by atoms with Crippen molar-refractivity contribution in [3.8, 4) is 0 Å². The van der Waals surface area contributed by atoms with Crippen molar-refractivity contribution in [2.75, 3.05) is 32.8 Å². The molecule has 3 aromatic rings. The Morgan fingerprint density at radius 1 is 1.03 bits per heavy atom. The van der Waals surface area contributed by atoms with Gasteiger partial charge in [0.25, 0.3) is 5.91 Å². The number of ether oxygens (including phenoxy) is 1. The molecule has 0 atom stereocenters. The third-order valence-corrected chi connectivity index (χ3v) is 9.27. The molecule has 9 nitrogen and oxygen atoms in total. The monoisotopic (exact) mass is 530 g/mol. The fourth-order valence-electron chi connectivity index (χ4n) is 4.30. The largest absolute Gasteiger partial charge is 0.450 e. The van der Waals surface area contributed by atoms with Gasteiger partial charge in [-0.15, -0.1) is 0 Å². The molecule has 1 aromatic heterocycles. The molecule has 11 heteroatoms. The quantitative estimate of drug-likeness (QED) is 0.502. The van der Waals surface area contributed by atoms with Gasteiger partial charge >= 0.3 is 6.09 Å². The van der Waals surface area contributed by atoms with E-state index in [9.17, 15) is 18.0 Å². The van der Waals surface area contributed by atoms with Gasteiger partial charge in [-0.3, -0.25) is 4.79 Å². The van der Waals surface area contributed by atoms with Crippen LogP contribution in [0.1, 0.15) is 35.3 Å². The average molecular weight is 531 g/mol. The molecule has 2 heterocycles. The van der Waals surface area contributed by atoms with Crippen molar-refractivity contribution in [3.63, 3.8) is 0 Å². The van der Waals surface area contributed by atoms with Gasteiger partial charge in [0.2, 0.25) is 10.0 Å². The number of benzene rings is 2. The molecule has 1 aliphatic rings. The number of piperazine rings is 1. The lowest BCUT2D eigenvalue weighted by Crippen LogP contribution is -2.50. The van der Waals surface area contributed by atoms with E-state index in [1.54, 1.807) is 6.92 Å². The summed E-state index contributed by atoms with van der Waals surface area (Å²) >= 11 is 1.47. The summed E-state index contributed by atoms with van der Waals surface area (Å²) in [5.41, 5.74) is 3.66.